The Balaban J connectivity index is 0.00000392. The Hall–Kier alpha value is -0.620. The third-order valence-corrected chi connectivity index (χ3v) is 5.39. The van der Waals surface area contributed by atoms with E-state index in [1.165, 1.54) is 19.4 Å². The summed E-state index contributed by atoms with van der Waals surface area (Å²) in [4.78, 5) is 10.4. The number of halogens is 4. The maximum Gasteiger partial charge on any atom is 0.434 e. The first kappa shape index (κ1) is 25.4. The number of nitrogens with one attached hydrogen (secondary N) is 2. The Bertz CT molecular complexity index is 606. The van der Waals surface area contributed by atoms with Crippen molar-refractivity contribution >= 4 is 41.3 Å². The normalized spacial score (nSPS) is 18.8. The van der Waals surface area contributed by atoms with Gasteiger partial charge in [-0.3, -0.25) is 4.99 Å². The van der Waals surface area contributed by atoms with Crippen LogP contribution in [0.5, 0.6) is 0 Å². The van der Waals surface area contributed by atoms with Crippen LogP contribution in [0.4, 0.5) is 13.2 Å². The molecular formula is C18H31F3IN5S. The van der Waals surface area contributed by atoms with Crippen LogP contribution in [0.3, 0.4) is 0 Å². The number of nitrogens with zero attached hydrogens (tertiary/aromatic N) is 3. The van der Waals surface area contributed by atoms with Gasteiger partial charge < -0.3 is 15.5 Å². The lowest BCUT2D eigenvalue weighted by Gasteiger charge is -2.34. The van der Waals surface area contributed by atoms with Crippen LogP contribution < -0.4 is 10.6 Å². The summed E-state index contributed by atoms with van der Waals surface area (Å²) in [7, 11) is 1.70. The zero-order chi connectivity index (χ0) is 19.9. The van der Waals surface area contributed by atoms with Crippen molar-refractivity contribution in [2.45, 2.75) is 39.3 Å². The summed E-state index contributed by atoms with van der Waals surface area (Å²) in [6.07, 6.45) is -1.51. The van der Waals surface area contributed by atoms with Crippen molar-refractivity contribution in [3.05, 3.63) is 16.1 Å². The molecule has 1 atom stereocenters. The van der Waals surface area contributed by atoms with Crippen molar-refractivity contribution < 1.29 is 13.2 Å². The van der Waals surface area contributed by atoms with Gasteiger partial charge in [0.05, 0.1) is 5.01 Å². The molecule has 1 unspecified atom stereocenters. The molecule has 0 amide bonds. The zero-order valence-corrected chi connectivity index (χ0v) is 19.8. The fraction of sp³-hybridized carbons (Fsp3) is 0.778. The second-order valence-corrected chi connectivity index (χ2v) is 8.36. The number of likely N-dealkylation sites (tertiary alicyclic amines) is 1. The van der Waals surface area contributed by atoms with Crippen molar-refractivity contribution in [2.24, 2.45) is 16.8 Å². The van der Waals surface area contributed by atoms with Crippen LogP contribution in [-0.2, 0) is 12.6 Å². The van der Waals surface area contributed by atoms with E-state index in [1.54, 1.807) is 7.05 Å². The van der Waals surface area contributed by atoms with Crippen molar-refractivity contribution in [3.8, 4) is 0 Å². The summed E-state index contributed by atoms with van der Waals surface area (Å²) in [5.74, 6) is 1.95. The van der Waals surface area contributed by atoms with Gasteiger partial charge in [0.15, 0.2) is 11.7 Å². The van der Waals surface area contributed by atoms with Crippen LogP contribution in [0.2, 0.25) is 0 Å². The average molecular weight is 533 g/mol. The molecule has 0 saturated carbocycles. The van der Waals surface area contributed by atoms with E-state index in [0.29, 0.717) is 35.8 Å². The molecule has 1 aliphatic heterocycles. The number of rotatable bonds is 7. The number of aromatic nitrogens is 1. The van der Waals surface area contributed by atoms with E-state index in [1.807, 2.05) is 0 Å². The van der Waals surface area contributed by atoms with Crippen molar-refractivity contribution in [1.82, 2.24) is 20.5 Å². The molecule has 162 valence electrons. The lowest BCUT2D eigenvalue weighted by molar-refractivity contribution is -0.140. The minimum Gasteiger partial charge on any atom is -0.356 e. The van der Waals surface area contributed by atoms with E-state index in [0.717, 1.165) is 36.4 Å². The summed E-state index contributed by atoms with van der Waals surface area (Å²) in [5.41, 5.74) is -0.812. The van der Waals surface area contributed by atoms with E-state index >= 15 is 0 Å². The molecule has 10 heteroatoms. The predicted octanol–water partition coefficient (Wildman–Crippen LogP) is 3.86. The van der Waals surface area contributed by atoms with E-state index in [4.69, 9.17) is 0 Å². The Labute approximate surface area is 186 Å². The summed E-state index contributed by atoms with van der Waals surface area (Å²) in [5, 5.41) is 8.04. The Kier molecular flexibility index (Phi) is 11.0. The largest absolute Gasteiger partial charge is 0.434 e. The van der Waals surface area contributed by atoms with E-state index < -0.39 is 11.9 Å². The van der Waals surface area contributed by atoms with Crippen LogP contribution in [-0.4, -0.2) is 55.6 Å². The Morgan fingerprint density at radius 1 is 1.39 bits per heavy atom. The third-order valence-electron chi connectivity index (χ3n) is 4.48. The molecular weight excluding hydrogens is 502 g/mol. The number of hydrogen-bond donors (Lipinski definition) is 2. The molecule has 2 heterocycles. The molecule has 1 aromatic rings. The highest BCUT2D eigenvalue weighted by Gasteiger charge is 2.33. The summed E-state index contributed by atoms with van der Waals surface area (Å²) in [6.45, 7) is 9.24. The number of thiazole rings is 1. The topological polar surface area (TPSA) is 52.6 Å². The molecule has 1 fully saturated rings. The van der Waals surface area contributed by atoms with Crippen LogP contribution in [0.1, 0.15) is 37.4 Å². The number of alkyl halides is 3. The van der Waals surface area contributed by atoms with Crippen molar-refractivity contribution in [3.63, 3.8) is 0 Å². The molecule has 1 aliphatic rings. The van der Waals surface area contributed by atoms with Gasteiger partial charge in [-0.05, 0) is 31.2 Å². The second kappa shape index (κ2) is 12.2. The molecule has 1 aromatic heterocycles. The molecule has 28 heavy (non-hydrogen) atoms. The van der Waals surface area contributed by atoms with Gasteiger partial charge >= 0.3 is 6.18 Å². The van der Waals surface area contributed by atoms with E-state index in [2.05, 4.69) is 39.4 Å². The molecule has 2 N–H and O–H groups in total. The highest BCUT2D eigenvalue weighted by Crippen LogP contribution is 2.30. The Morgan fingerprint density at radius 3 is 2.75 bits per heavy atom. The monoisotopic (exact) mass is 533 g/mol. The maximum atomic E-state index is 12.6. The first-order valence-corrected chi connectivity index (χ1v) is 10.3. The van der Waals surface area contributed by atoms with E-state index in [-0.39, 0.29) is 24.0 Å². The molecule has 2 rings (SSSR count). The Morgan fingerprint density at radius 2 is 2.14 bits per heavy atom. The van der Waals surface area contributed by atoms with Gasteiger partial charge in [0.1, 0.15) is 0 Å². The fourth-order valence-electron chi connectivity index (χ4n) is 3.31. The average Bonchev–Trinajstić information content (AvgIpc) is 3.07. The number of piperidine rings is 1. The van der Waals surface area contributed by atoms with Gasteiger partial charge in [0, 0.05) is 45.0 Å². The highest BCUT2D eigenvalue weighted by molar-refractivity contribution is 14.0. The molecule has 0 aromatic carbocycles. The summed E-state index contributed by atoms with van der Waals surface area (Å²) >= 11 is 1.04. The second-order valence-electron chi connectivity index (χ2n) is 7.42. The van der Waals surface area contributed by atoms with Crippen LogP contribution in [0.25, 0.3) is 0 Å². The smallest absolute Gasteiger partial charge is 0.356 e. The molecule has 0 spiro atoms. The third kappa shape index (κ3) is 8.81. The summed E-state index contributed by atoms with van der Waals surface area (Å²) in [6, 6.07) is 0. The lowest BCUT2D eigenvalue weighted by Crippen LogP contribution is -2.45. The van der Waals surface area contributed by atoms with Gasteiger partial charge in [0.25, 0.3) is 0 Å². The van der Waals surface area contributed by atoms with Gasteiger partial charge in [-0.2, -0.15) is 13.2 Å². The van der Waals surface area contributed by atoms with Crippen LogP contribution >= 0.6 is 35.3 Å². The maximum absolute atomic E-state index is 12.6. The molecule has 1 saturated heterocycles. The van der Waals surface area contributed by atoms with Gasteiger partial charge in [0.2, 0.25) is 0 Å². The molecule has 0 bridgehead atoms. The highest BCUT2D eigenvalue weighted by atomic mass is 127. The minimum atomic E-state index is -4.37. The number of aliphatic imine (C=N–C) groups is 1. The SMILES string of the molecule is CN=C(NCCc1nc(C(F)(F)F)cs1)NCC1CCCN(CC(C)C)C1.I. The van der Waals surface area contributed by atoms with Crippen LogP contribution in [0.15, 0.2) is 10.4 Å². The van der Waals surface area contributed by atoms with Crippen molar-refractivity contribution in [1.29, 1.82) is 0 Å². The first-order valence-electron chi connectivity index (χ1n) is 9.46. The van der Waals surface area contributed by atoms with Gasteiger partial charge in [-0.25, -0.2) is 4.98 Å². The number of hydrogen-bond acceptors (Lipinski definition) is 4. The molecule has 5 nitrogen and oxygen atoms in total. The molecule has 0 radical (unpaired) electrons. The van der Waals surface area contributed by atoms with Crippen molar-refractivity contribution in [2.75, 3.05) is 39.8 Å². The quantitative estimate of drug-likeness (QED) is 0.318. The minimum absolute atomic E-state index is 0. The fourth-order valence-corrected chi connectivity index (χ4v) is 4.11. The lowest BCUT2D eigenvalue weighted by atomic mass is 9.97. The number of guanidine groups is 1. The van der Waals surface area contributed by atoms with Gasteiger partial charge in [-0.1, -0.05) is 13.8 Å². The first-order chi connectivity index (χ1) is 12.8. The predicted molar refractivity (Wildman–Crippen MR) is 120 cm³/mol. The summed E-state index contributed by atoms with van der Waals surface area (Å²) < 4.78 is 37.7. The standard InChI is InChI=1S/C18H30F3N5S.HI/c1-13(2)10-26-8-4-5-14(11-26)9-24-17(22-3)23-7-6-16-25-15(12-27-16)18(19,20)21;/h12-14H,4-11H2,1-3H3,(H2,22,23,24);1H. The van der Waals surface area contributed by atoms with Gasteiger partial charge in [-0.15, -0.1) is 35.3 Å². The zero-order valence-electron chi connectivity index (χ0n) is 16.7. The van der Waals surface area contributed by atoms with E-state index in [9.17, 15) is 13.2 Å². The molecule has 0 aliphatic carbocycles. The van der Waals surface area contributed by atoms with Crippen LogP contribution in [0, 0.1) is 11.8 Å².